The van der Waals surface area contributed by atoms with E-state index in [0.29, 0.717) is 11.7 Å². The van der Waals surface area contributed by atoms with Crippen LogP contribution in [0.4, 0.5) is 0 Å². The Hall–Kier alpha value is -2.53. The van der Waals surface area contributed by atoms with Crippen LogP contribution in [0, 0.1) is 5.92 Å². The van der Waals surface area contributed by atoms with Crippen LogP contribution in [-0.4, -0.2) is 33.1 Å². The minimum absolute atomic E-state index is 0.617. The van der Waals surface area contributed by atoms with E-state index in [9.17, 15) is 0 Å². The van der Waals surface area contributed by atoms with E-state index >= 15 is 0 Å². The topological polar surface area (TPSA) is 55.1 Å². The van der Waals surface area contributed by atoms with Gasteiger partial charge in [0.1, 0.15) is 0 Å². The molecule has 1 fully saturated rings. The third-order valence-corrected chi connectivity index (χ3v) is 5.14. The zero-order valence-electron chi connectivity index (χ0n) is 14.9. The highest BCUT2D eigenvalue weighted by Gasteiger charge is 2.21. The molecule has 0 saturated carbocycles. The van der Waals surface area contributed by atoms with Crippen molar-refractivity contribution in [2.75, 3.05) is 13.1 Å². The Bertz CT molecular complexity index is 795. The van der Waals surface area contributed by atoms with Gasteiger partial charge in [0.05, 0.1) is 6.54 Å². The quantitative estimate of drug-likeness (QED) is 0.674. The third kappa shape index (κ3) is 4.35. The van der Waals surface area contributed by atoms with Gasteiger partial charge in [0.2, 0.25) is 11.7 Å². The molecule has 0 unspecified atom stereocenters. The van der Waals surface area contributed by atoms with Gasteiger partial charge < -0.3 is 4.52 Å². The summed E-state index contributed by atoms with van der Waals surface area (Å²) in [5.41, 5.74) is 2.34. The summed E-state index contributed by atoms with van der Waals surface area (Å²) in [6.07, 6.45) is 8.46. The number of aromatic nitrogens is 3. The molecule has 1 saturated heterocycles. The number of hydrogen-bond donors (Lipinski definition) is 0. The second-order valence-electron chi connectivity index (χ2n) is 7.00. The van der Waals surface area contributed by atoms with Gasteiger partial charge in [-0.1, -0.05) is 35.5 Å². The number of rotatable bonds is 6. The van der Waals surface area contributed by atoms with Gasteiger partial charge in [0, 0.05) is 18.0 Å². The molecule has 1 aliphatic rings. The molecule has 1 aromatic carbocycles. The summed E-state index contributed by atoms with van der Waals surface area (Å²) in [6, 6.07) is 14.6. The van der Waals surface area contributed by atoms with Crippen molar-refractivity contribution in [3.05, 3.63) is 66.3 Å². The van der Waals surface area contributed by atoms with Gasteiger partial charge in [-0.25, -0.2) is 0 Å². The first-order valence-corrected chi connectivity index (χ1v) is 9.36. The van der Waals surface area contributed by atoms with Gasteiger partial charge in [0.25, 0.3) is 0 Å². The van der Waals surface area contributed by atoms with Gasteiger partial charge in [-0.05, 0) is 62.4 Å². The summed E-state index contributed by atoms with van der Waals surface area (Å²) < 4.78 is 5.42. The summed E-state index contributed by atoms with van der Waals surface area (Å²) in [7, 11) is 0. The van der Waals surface area contributed by atoms with Crippen molar-refractivity contribution in [2.45, 2.75) is 32.2 Å². The van der Waals surface area contributed by atoms with Gasteiger partial charge >= 0.3 is 0 Å². The minimum atomic E-state index is 0.617. The smallest absolute Gasteiger partial charge is 0.241 e. The van der Waals surface area contributed by atoms with E-state index in [-0.39, 0.29) is 0 Å². The number of aryl methyl sites for hydroxylation is 1. The fourth-order valence-electron chi connectivity index (χ4n) is 3.57. The summed E-state index contributed by atoms with van der Waals surface area (Å²) in [5, 5.41) is 4.08. The van der Waals surface area contributed by atoms with Crippen LogP contribution in [0.5, 0.6) is 0 Å². The number of pyridine rings is 1. The largest absolute Gasteiger partial charge is 0.338 e. The molecule has 3 heterocycles. The van der Waals surface area contributed by atoms with Crippen LogP contribution in [0.3, 0.4) is 0 Å². The predicted octanol–water partition coefficient (Wildman–Crippen LogP) is 3.98. The zero-order chi connectivity index (χ0) is 17.6. The molecule has 3 aromatic rings. The lowest BCUT2D eigenvalue weighted by molar-refractivity contribution is 0.155. The highest BCUT2D eigenvalue weighted by molar-refractivity contribution is 5.51. The van der Waals surface area contributed by atoms with E-state index in [1.807, 2.05) is 12.1 Å². The first-order chi connectivity index (χ1) is 12.9. The molecule has 1 aliphatic heterocycles. The highest BCUT2D eigenvalue weighted by atomic mass is 16.5. The maximum Gasteiger partial charge on any atom is 0.241 e. The molecule has 5 heteroatoms. The Labute approximate surface area is 154 Å². The van der Waals surface area contributed by atoms with E-state index in [0.717, 1.165) is 31.1 Å². The molecule has 0 spiro atoms. The fraction of sp³-hybridized carbons (Fsp3) is 0.381. The van der Waals surface area contributed by atoms with E-state index in [1.165, 1.54) is 31.2 Å². The van der Waals surface area contributed by atoms with Crippen molar-refractivity contribution in [1.29, 1.82) is 0 Å². The molecule has 5 nitrogen and oxygen atoms in total. The molecule has 26 heavy (non-hydrogen) atoms. The first-order valence-electron chi connectivity index (χ1n) is 9.36. The van der Waals surface area contributed by atoms with Crippen LogP contribution >= 0.6 is 0 Å². The molecular formula is C21H24N4O. The van der Waals surface area contributed by atoms with Gasteiger partial charge in [-0.2, -0.15) is 4.98 Å². The maximum atomic E-state index is 5.42. The Morgan fingerprint density at radius 3 is 2.65 bits per heavy atom. The average Bonchev–Trinajstić information content (AvgIpc) is 3.17. The molecule has 134 valence electrons. The van der Waals surface area contributed by atoms with Gasteiger partial charge in [-0.15, -0.1) is 0 Å². The molecule has 0 atom stereocenters. The van der Waals surface area contributed by atoms with Crippen molar-refractivity contribution in [3.63, 3.8) is 0 Å². The van der Waals surface area contributed by atoms with Crippen molar-refractivity contribution in [2.24, 2.45) is 5.92 Å². The van der Waals surface area contributed by atoms with Crippen LogP contribution in [0.15, 0.2) is 59.4 Å². The zero-order valence-corrected chi connectivity index (χ0v) is 14.9. The monoisotopic (exact) mass is 348 g/mol. The molecule has 0 aliphatic carbocycles. The van der Waals surface area contributed by atoms with Crippen molar-refractivity contribution >= 4 is 0 Å². The molecule has 0 amide bonds. The number of hydrogen-bond acceptors (Lipinski definition) is 5. The standard InChI is InChI=1S/C21H24N4O/c1-2-5-17(6-3-1)8-9-18-10-13-25(14-11-18)16-20-23-21(24-26-20)19-7-4-12-22-15-19/h1-7,12,15,18H,8-11,13-14,16H2. The minimum Gasteiger partial charge on any atom is -0.338 e. The van der Waals surface area contributed by atoms with Crippen LogP contribution in [0.25, 0.3) is 11.4 Å². The summed E-state index contributed by atoms with van der Waals surface area (Å²) >= 11 is 0. The molecule has 0 radical (unpaired) electrons. The van der Waals surface area contributed by atoms with Crippen molar-refractivity contribution < 1.29 is 4.52 Å². The van der Waals surface area contributed by atoms with Crippen LogP contribution in [0.1, 0.15) is 30.7 Å². The number of piperidine rings is 1. The SMILES string of the molecule is c1ccc(CCC2CCN(Cc3nc(-c4cccnc4)no3)CC2)cc1. The highest BCUT2D eigenvalue weighted by Crippen LogP contribution is 2.24. The average molecular weight is 348 g/mol. The van der Waals surface area contributed by atoms with Crippen LogP contribution in [0.2, 0.25) is 0 Å². The first kappa shape index (κ1) is 16.9. The molecular weight excluding hydrogens is 324 g/mol. The van der Waals surface area contributed by atoms with Crippen LogP contribution in [-0.2, 0) is 13.0 Å². The second kappa shape index (κ2) is 8.23. The molecule has 0 N–H and O–H groups in total. The van der Waals surface area contributed by atoms with Gasteiger partial charge in [0.15, 0.2) is 0 Å². The van der Waals surface area contributed by atoms with Crippen LogP contribution < -0.4 is 0 Å². The van der Waals surface area contributed by atoms with E-state index in [1.54, 1.807) is 12.4 Å². The Balaban J connectivity index is 1.25. The lowest BCUT2D eigenvalue weighted by Gasteiger charge is -2.30. The second-order valence-corrected chi connectivity index (χ2v) is 7.00. The lowest BCUT2D eigenvalue weighted by Crippen LogP contribution is -2.33. The predicted molar refractivity (Wildman–Crippen MR) is 100 cm³/mol. The van der Waals surface area contributed by atoms with E-state index in [2.05, 4.69) is 50.4 Å². The van der Waals surface area contributed by atoms with Crippen molar-refractivity contribution in [1.82, 2.24) is 20.0 Å². The number of benzene rings is 1. The Morgan fingerprint density at radius 1 is 1.04 bits per heavy atom. The maximum absolute atomic E-state index is 5.42. The summed E-state index contributed by atoms with van der Waals surface area (Å²) in [5.74, 6) is 2.12. The lowest BCUT2D eigenvalue weighted by atomic mass is 9.90. The third-order valence-electron chi connectivity index (χ3n) is 5.14. The normalized spacial score (nSPS) is 16.0. The number of nitrogens with zero attached hydrogens (tertiary/aromatic N) is 4. The Kier molecular flexibility index (Phi) is 5.36. The van der Waals surface area contributed by atoms with Gasteiger partial charge in [-0.3, -0.25) is 9.88 Å². The molecule has 0 bridgehead atoms. The summed E-state index contributed by atoms with van der Waals surface area (Å²) in [4.78, 5) is 11.0. The van der Waals surface area contributed by atoms with Crippen molar-refractivity contribution in [3.8, 4) is 11.4 Å². The molecule has 2 aromatic heterocycles. The fourth-order valence-corrected chi connectivity index (χ4v) is 3.57. The summed E-state index contributed by atoms with van der Waals surface area (Å²) in [6.45, 7) is 2.94. The Morgan fingerprint density at radius 2 is 1.88 bits per heavy atom. The van der Waals surface area contributed by atoms with E-state index in [4.69, 9.17) is 4.52 Å². The molecule has 4 rings (SSSR count). The van der Waals surface area contributed by atoms with E-state index < -0.39 is 0 Å². The number of likely N-dealkylation sites (tertiary alicyclic amines) is 1.